The lowest BCUT2D eigenvalue weighted by molar-refractivity contribution is -0.141. The van der Waals surface area contributed by atoms with Gasteiger partial charge in [0.05, 0.1) is 17.3 Å². The summed E-state index contributed by atoms with van der Waals surface area (Å²) < 4.78 is 0. The monoisotopic (exact) mass is 680 g/mol. The van der Waals surface area contributed by atoms with E-state index in [9.17, 15) is 29.4 Å². The molecule has 6 rings (SSSR count). The van der Waals surface area contributed by atoms with Gasteiger partial charge in [0.2, 0.25) is 11.8 Å². The Morgan fingerprint density at radius 3 is 2.32 bits per heavy atom. The van der Waals surface area contributed by atoms with Crippen molar-refractivity contribution in [2.45, 2.75) is 34.9 Å². The zero-order valence-corrected chi connectivity index (χ0v) is 25.3. The van der Waals surface area contributed by atoms with Crippen molar-refractivity contribution in [2.75, 3.05) is 12.0 Å². The molecule has 1 saturated carbocycles. The molecule has 0 bridgehead atoms. The van der Waals surface area contributed by atoms with Gasteiger partial charge >= 0.3 is 0 Å². The number of phenolic OH excluding ortho intramolecular Hbond substituents is 2. The van der Waals surface area contributed by atoms with Crippen LogP contribution in [0.2, 0.25) is 5.02 Å². The molecule has 214 valence electrons. The van der Waals surface area contributed by atoms with Gasteiger partial charge in [-0.05, 0) is 61.1 Å². The van der Waals surface area contributed by atoms with Crippen LogP contribution < -0.4 is 0 Å². The smallest absolute Gasteiger partial charge is 0.254 e. The van der Waals surface area contributed by atoms with Gasteiger partial charge in [0.1, 0.15) is 11.5 Å². The number of nitrogens with zero attached hydrogens (tertiary/aromatic N) is 2. The van der Waals surface area contributed by atoms with E-state index < -0.39 is 45.2 Å². The molecule has 2 aromatic rings. The van der Waals surface area contributed by atoms with Gasteiger partial charge in [0.25, 0.3) is 11.8 Å². The Labute approximate surface area is 259 Å². The van der Waals surface area contributed by atoms with Crippen LogP contribution >= 0.6 is 50.7 Å². The Bertz CT molecular complexity index is 1530. The van der Waals surface area contributed by atoms with Crippen molar-refractivity contribution in [3.8, 4) is 11.5 Å². The normalized spacial score (nSPS) is 32.6. The van der Waals surface area contributed by atoms with Gasteiger partial charge in [-0.1, -0.05) is 51.3 Å². The first-order chi connectivity index (χ1) is 19.4. The maximum Gasteiger partial charge on any atom is 0.254 e. The van der Waals surface area contributed by atoms with E-state index in [-0.39, 0.29) is 58.7 Å². The lowest BCUT2D eigenvalue weighted by atomic mass is 9.56. The molecular weight excluding hydrogens is 659 g/mol. The van der Waals surface area contributed by atoms with Crippen molar-refractivity contribution in [3.05, 3.63) is 70.3 Å². The third-order valence-electron chi connectivity index (χ3n) is 8.97. The molecule has 6 unspecified atom stereocenters. The largest absolute Gasteiger partial charge is 0.508 e. The van der Waals surface area contributed by atoms with Gasteiger partial charge in [-0.3, -0.25) is 29.0 Å². The number of rotatable bonds is 5. The van der Waals surface area contributed by atoms with Gasteiger partial charge < -0.3 is 10.2 Å². The fourth-order valence-corrected chi connectivity index (χ4v) is 8.64. The zero-order valence-electron chi connectivity index (χ0n) is 21.4. The highest BCUT2D eigenvalue weighted by Gasteiger charge is 2.76. The lowest BCUT2D eigenvalue weighted by Gasteiger charge is -2.50. The minimum Gasteiger partial charge on any atom is -0.508 e. The molecule has 2 aliphatic carbocycles. The van der Waals surface area contributed by atoms with Gasteiger partial charge in [-0.25, -0.2) is 0 Å². The fraction of sp³-hybridized carbons (Fsp3) is 0.379. The number of aromatic hydroxyl groups is 2. The molecule has 2 saturated heterocycles. The number of phenols is 2. The summed E-state index contributed by atoms with van der Waals surface area (Å²) >= 11 is 23.8. The molecule has 2 aromatic carbocycles. The summed E-state index contributed by atoms with van der Waals surface area (Å²) in [6.07, 6.45) is 2.29. The molecule has 8 nitrogen and oxygen atoms in total. The van der Waals surface area contributed by atoms with Crippen LogP contribution in [0.5, 0.6) is 11.5 Å². The van der Waals surface area contributed by atoms with E-state index in [0.717, 1.165) is 10.5 Å². The molecule has 0 radical (unpaired) electrons. The van der Waals surface area contributed by atoms with E-state index in [2.05, 4.69) is 15.9 Å². The number of likely N-dealkylation sites (tertiary alicyclic amines) is 2. The highest BCUT2D eigenvalue weighted by molar-refractivity contribution is 9.09. The van der Waals surface area contributed by atoms with Crippen LogP contribution in [0.25, 0.3) is 0 Å². The number of imide groups is 2. The Kier molecular flexibility index (Phi) is 6.96. The first kappa shape index (κ1) is 28.5. The molecule has 0 aromatic heterocycles. The SMILES string of the molecule is O=C1C2CC=C3C(CC4(Cl)C(=O)N(CBr)C(=O)C4(Cl)C3c3cc(Cl)ccc3O)C2C(=O)N1CCc1ccc(O)cc1. The van der Waals surface area contributed by atoms with Crippen LogP contribution in [-0.2, 0) is 25.6 Å². The van der Waals surface area contributed by atoms with E-state index in [1.165, 1.54) is 23.1 Å². The number of fused-ring (bicyclic) bond motifs is 4. The maximum absolute atomic E-state index is 13.9. The van der Waals surface area contributed by atoms with Crippen LogP contribution in [0.3, 0.4) is 0 Å². The molecule has 2 heterocycles. The van der Waals surface area contributed by atoms with Crippen LogP contribution in [0.1, 0.15) is 29.9 Å². The maximum atomic E-state index is 13.9. The predicted octanol–water partition coefficient (Wildman–Crippen LogP) is 4.71. The molecule has 3 fully saturated rings. The summed E-state index contributed by atoms with van der Waals surface area (Å²) in [4.78, 5) is 53.1. The van der Waals surface area contributed by atoms with Gasteiger partial charge in [0.15, 0.2) is 9.75 Å². The molecular formula is C29H24BrCl3N2O6. The van der Waals surface area contributed by atoms with E-state index in [1.54, 1.807) is 30.3 Å². The number of hydrogen-bond donors (Lipinski definition) is 2. The second kappa shape index (κ2) is 10.0. The molecule has 2 N–H and O–H groups in total. The van der Waals surface area contributed by atoms with Crippen molar-refractivity contribution in [2.24, 2.45) is 17.8 Å². The number of carbonyl (C=O) groups is 4. The number of alkyl halides is 3. The summed E-state index contributed by atoms with van der Waals surface area (Å²) in [7, 11) is 0. The Balaban J connectivity index is 1.43. The highest BCUT2D eigenvalue weighted by Crippen LogP contribution is 2.66. The molecule has 41 heavy (non-hydrogen) atoms. The topological polar surface area (TPSA) is 115 Å². The van der Waals surface area contributed by atoms with E-state index in [0.29, 0.717) is 12.0 Å². The summed E-state index contributed by atoms with van der Waals surface area (Å²) in [6, 6.07) is 10.9. The summed E-state index contributed by atoms with van der Waals surface area (Å²) in [5.74, 6) is -5.43. The van der Waals surface area contributed by atoms with Gasteiger partial charge in [-0.15, -0.1) is 23.2 Å². The van der Waals surface area contributed by atoms with Crippen molar-refractivity contribution < 1.29 is 29.4 Å². The Morgan fingerprint density at radius 2 is 1.63 bits per heavy atom. The molecule has 4 aliphatic rings. The molecule has 12 heteroatoms. The van der Waals surface area contributed by atoms with E-state index in [1.807, 2.05) is 0 Å². The second-order valence-electron chi connectivity index (χ2n) is 10.9. The number of halogens is 4. The number of amides is 4. The molecule has 4 amide bonds. The molecule has 2 aliphatic heterocycles. The minimum atomic E-state index is -2.01. The van der Waals surface area contributed by atoms with Crippen LogP contribution in [0.4, 0.5) is 0 Å². The predicted molar refractivity (Wildman–Crippen MR) is 155 cm³/mol. The zero-order chi connectivity index (χ0) is 29.4. The minimum absolute atomic E-state index is 0.119. The van der Waals surface area contributed by atoms with E-state index >= 15 is 0 Å². The van der Waals surface area contributed by atoms with Crippen molar-refractivity contribution in [3.63, 3.8) is 0 Å². The summed E-state index contributed by atoms with van der Waals surface area (Å²) in [6.45, 7) is 0.149. The quantitative estimate of drug-likeness (QED) is 0.205. The Hall–Kier alpha value is -2.59. The molecule has 6 atom stereocenters. The fourth-order valence-electron chi connectivity index (χ4n) is 7.04. The van der Waals surface area contributed by atoms with Crippen molar-refractivity contribution >= 4 is 74.4 Å². The Morgan fingerprint density at radius 1 is 0.927 bits per heavy atom. The summed E-state index contributed by atoms with van der Waals surface area (Å²) in [5, 5.41) is 20.8. The average molecular weight is 683 g/mol. The lowest BCUT2D eigenvalue weighted by Crippen LogP contribution is -2.60. The van der Waals surface area contributed by atoms with Crippen LogP contribution in [0.15, 0.2) is 54.1 Å². The van der Waals surface area contributed by atoms with E-state index in [4.69, 9.17) is 34.8 Å². The van der Waals surface area contributed by atoms with Gasteiger partial charge in [0, 0.05) is 23.0 Å². The van der Waals surface area contributed by atoms with Crippen molar-refractivity contribution in [1.82, 2.24) is 9.80 Å². The number of carbonyl (C=O) groups excluding carboxylic acids is 4. The van der Waals surface area contributed by atoms with Gasteiger partial charge in [-0.2, -0.15) is 0 Å². The summed E-state index contributed by atoms with van der Waals surface area (Å²) in [5.41, 5.74) is 1.50. The number of allylic oxidation sites excluding steroid dienone is 2. The van der Waals surface area contributed by atoms with Crippen LogP contribution in [0, 0.1) is 17.8 Å². The number of benzene rings is 2. The first-order valence-electron chi connectivity index (χ1n) is 13.1. The highest BCUT2D eigenvalue weighted by atomic mass is 79.9. The first-order valence-corrected chi connectivity index (χ1v) is 15.3. The second-order valence-corrected chi connectivity index (χ2v) is 13.1. The standard InChI is InChI=1S/C29H24BrCl3N2O6/c30-13-35-26(40)28(32)12-20-17(23(29(28,33)27(35)41)19-11-15(31)3-8-21(19)37)6-7-18-22(20)25(39)34(24(18)38)10-9-14-1-4-16(36)5-2-14/h1-6,8,11,18,20,22-23,36-37H,7,9-10,12-13H2. The third kappa shape index (κ3) is 3.99. The molecule has 0 spiro atoms. The third-order valence-corrected chi connectivity index (χ3v) is 11.1. The number of hydrogen-bond acceptors (Lipinski definition) is 6. The average Bonchev–Trinajstić information content (AvgIpc) is 3.27. The van der Waals surface area contributed by atoms with Crippen LogP contribution in [-0.4, -0.2) is 65.4 Å². The van der Waals surface area contributed by atoms with Crippen molar-refractivity contribution in [1.29, 1.82) is 0 Å².